The van der Waals surface area contributed by atoms with Crippen LogP contribution in [0, 0.1) is 12.3 Å². The van der Waals surface area contributed by atoms with E-state index in [2.05, 4.69) is 27.1 Å². The second-order valence-electron chi connectivity index (χ2n) is 5.71. The van der Waals surface area contributed by atoms with Gasteiger partial charge in [0, 0.05) is 12.6 Å². The Morgan fingerprint density at radius 3 is 2.33 bits per heavy atom. The van der Waals surface area contributed by atoms with Crippen LogP contribution in [0.4, 0.5) is 0 Å². The van der Waals surface area contributed by atoms with Gasteiger partial charge in [-0.2, -0.15) is 0 Å². The van der Waals surface area contributed by atoms with Gasteiger partial charge in [-0.05, 0) is 12.8 Å². The monoisotopic (exact) mass is 274 g/mol. The molecule has 0 amide bonds. The molecule has 0 aliphatic heterocycles. The van der Waals surface area contributed by atoms with Crippen LogP contribution < -0.4 is 0 Å². The highest BCUT2D eigenvalue weighted by Gasteiger charge is 2.07. The smallest absolute Gasteiger partial charge is 0.191 e. The van der Waals surface area contributed by atoms with Gasteiger partial charge in [0.1, 0.15) is 13.2 Å². The van der Waals surface area contributed by atoms with Crippen molar-refractivity contribution in [3.63, 3.8) is 0 Å². The Kier molecular flexibility index (Phi) is 10.4. The third kappa shape index (κ3) is 13.8. The van der Waals surface area contributed by atoms with E-state index in [-0.39, 0.29) is 0 Å². The lowest BCUT2D eigenvalue weighted by atomic mass is 10.1. The van der Waals surface area contributed by atoms with E-state index in [1.54, 1.807) is 0 Å². The Hall–Kier alpha value is -0.290. The molecule has 4 heteroatoms. The van der Waals surface area contributed by atoms with Gasteiger partial charge < -0.3 is 9.01 Å². The van der Waals surface area contributed by atoms with Gasteiger partial charge in [0.05, 0.1) is 21.1 Å². The van der Waals surface area contributed by atoms with Crippen LogP contribution in [0.25, 0.3) is 0 Å². The van der Waals surface area contributed by atoms with E-state index >= 15 is 0 Å². The lowest BCUT2D eigenvalue weighted by Crippen LogP contribution is -2.37. The van der Waals surface area contributed by atoms with Gasteiger partial charge in [-0.25, -0.2) is 0 Å². The van der Waals surface area contributed by atoms with Crippen LogP contribution in [0.2, 0.25) is 0 Å². The molecule has 0 aliphatic carbocycles. The first-order valence-electron chi connectivity index (χ1n) is 6.85. The van der Waals surface area contributed by atoms with Gasteiger partial charge in [0.15, 0.2) is 8.03 Å². The van der Waals surface area contributed by atoms with Gasteiger partial charge in [-0.3, -0.25) is 4.57 Å². The van der Waals surface area contributed by atoms with Crippen LogP contribution in [0.5, 0.6) is 0 Å². The number of hydrogen-bond acceptors (Lipinski definition) is 2. The maximum absolute atomic E-state index is 11.6. The first-order chi connectivity index (χ1) is 8.45. The van der Waals surface area contributed by atoms with Gasteiger partial charge >= 0.3 is 0 Å². The fraction of sp³-hybridized carbons (Fsp3) is 0.857. The highest BCUT2D eigenvalue weighted by molar-refractivity contribution is 7.39. The molecule has 0 spiro atoms. The fourth-order valence-electron chi connectivity index (χ4n) is 1.53. The van der Waals surface area contributed by atoms with Crippen molar-refractivity contribution in [2.75, 3.05) is 40.5 Å². The highest BCUT2D eigenvalue weighted by Crippen LogP contribution is 2.24. The average Bonchev–Trinajstić information content (AvgIpc) is 2.26. The Labute approximate surface area is 113 Å². The van der Waals surface area contributed by atoms with E-state index in [0.717, 1.165) is 42.9 Å². The molecule has 3 nitrogen and oxygen atoms in total. The molecule has 0 fully saturated rings. The van der Waals surface area contributed by atoms with E-state index in [0.29, 0.717) is 6.61 Å². The number of rotatable bonds is 11. The van der Waals surface area contributed by atoms with E-state index < -0.39 is 8.03 Å². The molecule has 0 saturated carbocycles. The number of nitrogens with zero attached hydrogens (tertiary/aromatic N) is 1. The summed E-state index contributed by atoms with van der Waals surface area (Å²) in [5, 5.41) is 0. The number of quaternary nitrogens is 1. The zero-order chi connectivity index (χ0) is 13.9. The van der Waals surface area contributed by atoms with E-state index in [9.17, 15) is 4.57 Å². The van der Waals surface area contributed by atoms with Crippen LogP contribution >= 0.6 is 8.03 Å². The van der Waals surface area contributed by atoms with Gasteiger partial charge in [0.25, 0.3) is 0 Å². The van der Waals surface area contributed by atoms with Crippen molar-refractivity contribution in [2.24, 2.45) is 0 Å². The Morgan fingerprint density at radius 2 is 1.72 bits per heavy atom. The molecule has 0 rings (SSSR count). The standard InChI is InChI=1S/C14H29NO2P/c1-5-6-7-8-9-10-11-14-18(16)17-13-12-15(2,3)4/h1,18H,6-14H2,2-4H3/q+1. The summed E-state index contributed by atoms with van der Waals surface area (Å²) in [7, 11) is 4.52. The third-order valence-electron chi connectivity index (χ3n) is 2.73. The van der Waals surface area contributed by atoms with Crippen molar-refractivity contribution in [3.05, 3.63) is 0 Å². The number of terminal acetylenes is 1. The Balaban J connectivity index is 3.30. The molecule has 0 aromatic rings. The molecule has 106 valence electrons. The predicted octanol–water partition coefficient (Wildman–Crippen LogP) is 3.16. The average molecular weight is 274 g/mol. The summed E-state index contributed by atoms with van der Waals surface area (Å²) >= 11 is 0. The van der Waals surface area contributed by atoms with Crippen molar-refractivity contribution in [2.45, 2.75) is 38.5 Å². The molecule has 0 aromatic heterocycles. The molecule has 0 saturated heterocycles. The normalized spacial score (nSPS) is 13.2. The summed E-state index contributed by atoms with van der Waals surface area (Å²) in [6.45, 7) is 1.51. The highest BCUT2D eigenvalue weighted by atomic mass is 31.1. The second-order valence-corrected chi connectivity index (χ2v) is 7.24. The fourth-order valence-corrected chi connectivity index (χ4v) is 2.53. The second kappa shape index (κ2) is 10.6. The summed E-state index contributed by atoms with van der Waals surface area (Å²) in [5.74, 6) is 2.65. The summed E-state index contributed by atoms with van der Waals surface area (Å²) in [5.41, 5.74) is 0. The van der Waals surface area contributed by atoms with E-state index in [4.69, 9.17) is 10.9 Å². The van der Waals surface area contributed by atoms with E-state index in [1.807, 2.05) is 0 Å². The molecular formula is C14H29NO2P+. The zero-order valence-electron chi connectivity index (χ0n) is 12.2. The minimum atomic E-state index is -1.80. The topological polar surface area (TPSA) is 26.3 Å². The lowest BCUT2D eigenvalue weighted by molar-refractivity contribution is -0.870. The maximum Gasteiger partial charge on any atom is 0.191 e. The van der Waals surface area contributed by atoms with Crippen molar-refractivity contribution in [1.29, 1.82) is 0 Å². The molecular weight excluding hydrogens is 245 g/mol. The summed E-state index contributed by atoms with van der Waals surface area (Å²) < 4.78 is 17.8. The minimum absolute atomic E-state index is 0.601. The molecule has 0 aromatic carbocycles. The molecule has 0 N–H and O–H groups in total. The molecule has 0 radical (unpaired) electrons. The van der Waals surface area contributed by atoms with Crippen LogP contribution in [-0.2, 0) is 9.09 Å². The van der Waals surface area contributed by atoms with Crippen LogP contribution in [0.1, 0.15) is 38.5 Å². The van der Waals surface area contributed by atoms with Crippen molar-refractivity contribution in [3.8, 4) is 12.3 Å². The van der Waals surface area contributed by atoms with Crippen LogP contribution in [-0.4, -0.2) is 44.9 Å². The van der Waals surface area contributed by atoms with Gasteiger partial charge in [-0.1, -0.05) is 19.3 Å². The first-order valence-corrected chi connectivity index (χ1v) is 8.37. The SMILES string of the molecule is C#CCCCCCCC[PH](=O)OCC[N+](C)(C)C. The van der Waals surface area contributed by atoms with Crippen molar-refractivity contribution in [1.82, 2.24) is 0 Å². The van der Waals surface area contributed by atoms with Gasteiger partial charge in [0.2, 0.25) is 0 Å². The molecule has 1 unspecified atom stereocenters. The summed E-state index contributed by atoms with van der Waals surface area (Å²) in [6.07, 6.45) is 12.4. The Bertz CT molecular complexity index is 266. The Morgan fingerprint density at radius 1 is 1.11 bits per heavy atom. The van der Waals surface area contributed by atoms with Crippen LogP contribution in [0.3, 0.4) is 0 Å². The summed E-state index contributed by atoms with van der Waals surface area (Å²) in [4.78, 5) is 0. The molecule has 1 atom stereocenters. The number of hydrogen-bond donors (Lipinski definition) is 0. The molecule has 0 bridgehead atoms. The molecule has 18 heavy (non-hydrogen) atoms. The number of likely N-dealkylation sites (N-methyl/N-ethyl adjacent to an activating group) is 1. The quantitative estimate of drug-likeness (QED) is 0.250. The zero-order valence-corrected chi connectivity index (χ0v) is 13.2. The molecule has 0 aliphatic rings. The third-order valence-corrected chi connectivity index (χ3v) is 4.02. The van der Waals surface area contributed by atoms with Crippen molar-refractivity contribution < 1.29 is 13.6 Å². The van der Waals surface area contributed by atoms with Crippen LogP contribution in [0.15, 0.2) is 0 Å². The molecule has 0 heterocycles. The predicted molar refractivity (Wildman–Crippen MR) is 79.3 cm³/mol. The van der Waals surface area contributed by atoms with Gasteiger partial charge in [-0.15, -0.1) is 12.3 Å². The lowest BCUT2D eigenvalue weighted by Gasteiger charge is -2.23. The van der Waals surface area contributed by atoms with E-state index in [1.165, 1.54) is 12.8 Å². The number of unbranched alkanes of at least 4 members (excludes halogenated alkanes) is 5. The first kappa shape index (κ1) is 17.7. The maximum atomic E-state index is 11.6. The summed E-state index contributed by atoms with van der Waals surface area (Å²) in [6, 6.07) is 0. The van der Waals surface area contributed by atoms with Crippen molar-refractivity contribution >= 4 is 8.03 Å². The minimum Gasteiger partial charge on any atom is -0.329 e. The largest absolute Gasteiger partial charge is 0.329 e.